The molecular formula is C12H22O. The van der Waals surface area contributed by atoms with Gasteiger partial charge in [-0.15, -0.1) is 0 Å². The Bertz CT molecular complexity index is 197. The maximum Gasteiger partial charge on any atom is 0.0514 e. The molecule has 76 valence electrons. The molecule has 2 aliphatic rings. The lowest BCUT2D eigenvalue weighted by atomic mass is 9.90. The van der Waals surface area contributed by atoms with E-state index in [9.17, 15) is 5.11 Å². The summed E-state index contributed by atoms with van der Waals surface area (Å²) in [6, 6.07) is 0. The largest absolute Gasteiger partial charge is 0.393 e. The van der Waals surface area contributed by atoms with Crippen LogP contribution in [0.25, 0.3) is 0 Å². The van der Waals surface area contributed by atoms with E-state index in [1.807, 2.05) is 6.92 Å². The molecule has 4 atom stereocenters. The molecule has 2 saturated carbocycles. The highest BCUT2D eigenvalue weighted by Gasteiger charge is 2.62. The van der Waals surface area contributed by atoms with Crippen molar-refractivity contribution in [3.63, 3.8) is 0 Å². The molecule has 1 nitrogen and oxygen atoms in total. The Kier molecular flexibility index (Phi) is 2.18. The summed E-state index contributed by atoms with van der Waals surface area (Å²) in [5.74, 6) is 2.65. The third kappa shape index (κ3) is 1.41. The lowest BCUT2D eigenvalue weighted by Crippen LogP contribution is -2.10. The van der Waals surface area contributed by atoms with E-state index in [1.165, 1.54) is 19.3 Å². The zero-order valence-corrected chi connectivity index (χ0v) is 9.09. The average molecular weight is 182 g/mol. The standard InChI is InChI=1S/C12H22O/c1-8(2)12-5-4-10(6-9(3)13)11(12)7-12/h8-11,13H,4-7H2,1-3H3. The van der Waals surface area contributed by atoms with Gasteiger partial charge in [0, 0.05) is 0 Å². The van der Waals surface area contributed by atoms with Gasteiger partial charge >= 0.3 is 0 Å². The van der Waals surface area contributed by atoms with Gasteiger partial charge in [0.05, 0.1) is 6.10 Å². The molecule has 0 radical (unpaired) electrons. The summed E-state index contributed by atoms with van der Waals surface area (Å²) in [6.07, 6.45) is 5.19. The van der Waals surface area contributed by atoms with Crippen LogP contribution >= 0.6 is 0 Å². The second-order valence-corrected chi connectivity index (χ2v) is 5.58. The fourth-order valence-corrected chi connectivity index (χ4v) is 3.60. The molecule has 4 unspecified atom stereocenters. The Labute approximate surface area is 81.5 Å². The summed E-state index contributed by atoms with van der Waals surface area (Å²) in [7, 11) is 0. The molecule has 0 aromatic rings. The third-order valence-corrected chi connectivity index (χ3v) is 4.52. The molecule has 1 heteroatoms. The van der Waals surface area contributed by atoms with E-state index < -0.39 is 0 Å². The second-order valence-electron chi connectivity index (χ2n) is 5.58. The molecule has 0 spiro atoms. The van der Waals surface area contributed by atoms with Gasteiger partial charge in [0.25, 0.3) is 0 Å². The predicted octanol–water partition coefficient (Wildman–Crippen LogP) is 2.83. The molecule has 1 N–H and O–H groups in total. The first kappa shape index (κ1) is 9.51. The van der Waals surface area contributed by atoms with Crippen molar-refractivity contribution in [3.05, 3.63) is 0 Å². The van der Waals surface area contributed by atoms with Gasteiger partial charge in [-0.3, -0.25) is 0 Å². The van der Waals surface area contributed by atoms with Crippen molar-refractivity contribution < 1.29 is 5.11 Å². The van der Waals surface area contributed by atoms with Crippen molar-refractivity contribution >= 4 is 0 Å². The van der Waals surface area contributed by atoms with Crippen molar-refractivity contribution in [2.24, 2.45) is 23.2 Å². The first-order chi connectivity index (χ1) is 6.06. The zero-order valence-electron chi connectivity index (χ0n) is 9.09. The van der Waals surface area contributed by atoms with Crippen LogP contribution in [0.1, 0.15) is 46.5 Å². The first-order valence-electron chi connectivity index (χ1n) is 5.74. The van der Waals surface area contributed by atoms with Crippen molar-refractivity contribution in [1.82, 2.24) is 0 Å². The molecule has 0 amide bonds. The van der Waals surface area contributed by atoms with Gasteiger partial charge in [-0.1, -0.05) is 13.8 Å². The van der Waals surface area contributed by atoms with Gasteiger partial charge in [-0.25, -0.2) is 0 Å². The fourth-order valence-electron chi connectivity index (χ4n) is 3.60. The van der Waals surface area contributed by atoms with Gasteiger partial charge in [0.1, 0.15) is 0 Å². The highest BCUT2D eigenvalue weighted by Crippen LogP contribution is 2.70. The predicted molar refractivity (Wildman–Crippen MR) is 54.4 cm³/mol. The average Bonchev–Trinajstić information content (AvgIpc) is 2.66. The van der Waals surface area contributed by atoms with Gasteiger partial charge in [-0.2, -0.15) is 0 Å². The van der Waals surface area contributed by atoms with Gasteiger partial charge in [0.15, 0.2) is 0 Å². The van der Waals surface area contributed by atoms with Crippen molar-refractivity contribution in [2.75, 3.05) is 0 Å². The smallest absolute Gasteiger partial charge is 0.0514 e. The normalized spacial score (nSPS) is 45.0. The molecule has 0 aromatic carbocycles. The Morgan fingerprint density at radius 2 is 2.08 bits per heavy atom. The molecule has 2 fully saturated rings. The van der Waals surface area contributed by atoms with Gasteiger partial charge in [0.2, 0.25) is 0 Å². The Morgan fingerprint density at radius 3 is 2.46 bits per heavy atom. The van der Waals surface area contributed by atoms with E-state index >= 15 is 0 Å². The molecule has 0 aromatic heterocycles. The number of hydrogen-bond donors (Lipinski definition) is 1. The SMILES string of the molecule is CC(O)CC1CCC2(C(C)C)CC12. The van der Waals surface area contributed by atoms with Crippen LogP contribution in [-0.4, -0.2) is 11.2 Å². The molecule has 0 aliphatic heterocycles. The van der Waals surface area contributed by atoms with Crippen LogP contribution in [-0.2, 0) is 0 Å². The summed E-state index contributed by atoms with van der Waals surface area (Å²) in [5.41, 5.74) is 0.708. The number of aliphatic hydroxyl groups is 1. The molecule has 13 heavy (non-hydrogen) atoms. The lowest BCUT2D eigenvalue weighted by Gasteiger charge is -2.15. The molecule has 0 bridgehead atoms. The molecular weight excluding hydrogens is 160 g/mol. The lowest BCUT2D eigenvalue weighted by molar-refractivity contribution is 0.155. The summed E-state index contributed by atoms with van der Waals surface area (Å²) in [5, 5.41) is 9.37. The van der Waals surface area contributed by atoms with E-state index in [2.05, 4.69) is 13.8 Å². The molecule has 0 heterocycles. The minimum Gasteiger partial charge on any atom is -0.393 e. The topological polar surface area (TPSA) is 20.2 Å². The maximum atomic E-state index is 9.37. The first-order valence-corrected chi connectivity index (χ1v) is 5.74. The zero-order chi connectivity index (χ0) is 9.64. The van der Waals surface area contributed by atoms with Crippen molar-refractivity contribution in [1.29, 1.82) is 0 Å². The van der Waals surface area contributed by atoms with Crippen LogP contribution in [0, 0.1) is 23.2 Å². The highest BCUT2D eigenvalue weighted by atomic mass is 16.3. The highest BCUT2D eigenvalue weighted by molar-refractivity contribution is 5.11. The summed E-state index contributed by atoms with van der Waals surface area (Å²) < 4.78 is 0. The van der Waals surface area contributed by atoms with Crippen LogP contribution in [0.5, 0.6) is 0 Å². The van der Waals surface area contributed by atoms with Gasteiger partial charge in [-0.05, 0) is 55.8 Å². The molecule has 2 aliphatic carbocycles. The van der Waals surface area contributed by atoms with E-state index in [0.717, 1.165) is 24.2 Å². The number of fused-ring (bicyclic) bond motifs is 1. The van der Waals surface area contributed by atoms with Crippen LogP contribution in [0.4, 0.5) is 0 Å². The van der Waals surface area contributed by atoms with Gasteiger partial charge < -0.3 is 5.11 Å². The maximum absolute atomic E-state index is 9.37. The van der Waals surface area contributed by atoms with Crippen LogP contribution in [0.3, 0.4) is 0 Å². The Balaban J connectivity index is 1.94. The number of aliphatic hydroxyl groups excluding tert-OH is 1. The number of hydrogen-bond acceptors (Lipinski definition) is 1. The van der Waals surface area contributed by atoms with Crippen molar-refractivity contribution in [2.45, 2.75) is 52.6 Å². The van der Waals surface area contributed by atoms with E-state index in [4.69, 9.17) is 0 Å². The second kappa shape index (κ2) is 2.98. The third-order valence-electron chi connectivity index (χ3n) is 4.52. The van der Waals surface area contributed by atoms with Crippen molar-refractivity contribution in [3.8, 4) is 0 Å². The minimum absolute atomic E-state index is 0.0893. The fraction of sp³-hybridized carbons (Fsp3) is 1.00. The molecule has 2 rings (SSSR count). The minimum atomic E-state index is -0.0893. The van der Waals surface area contributed by atoms with E-state index in [0.29, 0.717) is 5.41 Å². The Hall–Kier alpha value is -0.0400. The summed E-state index contributed by atoms with van der Waals surface area (Å²) in [6.45, 7) is 6.66. The van der Waals surface area contributed by atoms with Crippen LogP contribution in [0.15, 0.2) is 0 Å². The molecule has 0 saturated heterocycles. The summed E-state index contributed by atoms with van der Waals surface area (Å²) >= 11 is 0. The van der Waals surface area contributed by atoms with Crippen LogP contribution < -0.4 is 0 Å². The Morgan fingerprint density at radius 1 is 1.38 bits per heavy atom. The number of rotatable bonds is 3. The monoisotopic (exact) mass is 182 g/mol. The van der Waals surface area contributed by atoms with E-state index in [1.54, 1.807) is 0 Å². The summed E-state index contributed by atoms with van der Waals surface area (Å²) in [4.78, 5) is 0. The van der Waals surface area contributed by atoms with Crippen LogP contribution in [0.2, 0.25) is 0 Å². The van der Waals surface area contributed by atoms with E-state index in [-0.39, 0.29) is 6.10 Å². The quantitative estimate of drug-likeness (QED) is 0.711.